The van der Waals surface area contributed by atoms with Crippen LogP contribution >= 0.6 is 11.8 Å². The smallest absolute Gasteiger partial charge is 0.396 e. The van der Waals surface area contributed by atoms with Gasteiger partial charge in [-0.25, -0.2) is 4.79 Å². The van der Waals surface area contributed by atoms with Crippen molar-refractivity contribution in [2.24, 2.45) is 5.41 Å². The maximum atomic E-state index is 12.1. The Morgan fingerprint density at radius 1 is 1.21 bits per heavy atom. The largest absolute Gasteiger partial charge is 0.465 e. The highest BCUT2D eigenvalue weighted by Gasteiger charge is 2.36. The van der Waals surface area contributed by atoms with Crippen LogP contribution in [0.3, 0.4) is 0 Å². The van der Waals surface area contributed by atoms with E-state index in [2.05, 4.69) is 25.8 Å². The molecule has 152 valence electrons. The lowest BCUT2D eigenvalue weighted by Crippen LogP contribution is -2.24. The molecule has 2 aromatic rings. The Morgan fingerprint density at radius 2 is 1.82 bits per heavy atom. The van der Waals surface area contributed by atoms with Gasteiger partial charge in [0.15, 0.2) is 5.03 Å². The van der Waals surface area contributed by atoms with Gasteiger partial charge in [-0.1, -0.05) is 65.4 Å². The second-order valence-electron chi connectivity index (χ2n) is 8.81. The Morgan fingerprint density at radius 3 is 2.32 bits per heavy atom. The van der Waals surface area contributed by atoms with E-state index in [1.165, 1.54) is 18.9 Å². The molecule has 0 saturated heterocycles. The van der Waals surface area contributed by atoms with Crippen LogP contribution < -0.4 is 0 Å². The molecular weight excluding hydrogens is 378 g/mol. The van der Waals surface area contributed by atoms with Crippen LogP contribution in [0.5, 0.6) is 0 Å². The number of hydrogen-bond donors (Lipinski definition) is 0. The quantitative estimate of drug-likeness (QED) is 0.392. The van der Waals surface area contributed by atoms with Gasteiger partial charge in [0.2, 0.25) is 5.82 Å². The van der Waals surface area contributed by atoms with Crippen molar-refractivity contribution in [1.82, 2.24) is 9.55 Å². The molecular formula is C20H27N3O4S. The Bertz CT molecular complexity index is 892. The molecule has 0 atom stereocenters. The molecule has 2 rings (SSSR count). The summed E-state index contributed by atoms with van der Waals surface area (Å²) < 4.78 is 6.77. The highest BCUT2D eigenvalue weighted by molar-refractivity contribution is 7.99. The monoisotopic (exact) mass is 405 g/mol. The predicted molar refractivity (Wildman–Crippen MR) is 109 cm³/mol. The third-order valence-corrected chi connectivity index (χ3v) is 5.05. The minimum absolute atomic E-state index is 0.119. The first-order valence-corrected chi connectivity index (χ1v) is 9.77. The number of nitrogens with zero attached hydrogens (tertiary/aromatic N) is 3. The van der Waals surface area contributed by atoms with E-state index in [0.717, 1.165) is 0 Å². The molecule has 0 amide bonds. The van der Waals surface area contributed by atoms with Crippen molar-refractivity contribution >= 4 is 23.5 Å². The van der Waals surface area contributed by atoms with Gasteiger partial charge in [0.25, 0.3) is 0 Å². The summed E-state index contributed by atoms with van der Waals surface area (Å²) in [6.45, 7) is 12.7. The number of esters is 1. The fraction of sp³-hybridized carbons (Fsp3) is 0.500. The first-order valence-electron chi connectivity index (χ1n) is 8.96. The number of aromatic nitrogens is 2. The third-order valence-electron chi connectivity index (χ3n) is 3.88. The lowest BCUT2D eigenvalue weighted by Gasteiger charge is -2.24. The van der Waals surface area contributed by atoms with Crippen LogP contribution in [-0.2, 0) is 16.7 Å². The predicted octanol–water partition coefficient (Wildman–Crippen LogP) is 5.07. The first kappa shape index (κ1) is 21.9. The Labute approximate surface area is 169 Å². The number of benzene rings is 1. The molecule has 0 bridgehead atoms. The van der Waals surface area contributed by atoms with Crippen molar-refractivity contribution in [3.8, 4) is 0 Å². The fourth-order valence-electron chi connectivity index (χ4n) is 2.78. The van der Waals surface area contributed by atoms with Crippen LogP contribution in [0.15, 0.2) is 34.2 Å². The summed E-state index contributed by atoms with van der Waals surface area (Å²) in [6.07, 6.45) is 0. The second-order valence-corrected chi connectivity index (χ2v) is 9.84. The molecule has 0 fully saturated rings. The molecule has 1 heterocycles. The van der Waals surface area contributed by atoms with Gasteiger partial charge in [-0.05, 0) is 27.5 Å². The number of rotatable bonds is 5. The molecule has 7 nitrogen and oxygen atoms in total. The zero-order valence-corrected chi connectivity index (χ0v) is 18.2. The van der Waals surface area contributed by atoms with Gasteiger partial charge in [0.1, 0.15) is 0 Å². The van der Waals surface area contributed by atoms with Crippen molar-refractivity contribution < 1.29 is 14.5 Å². The number of ether oxygens (including phenoxy) is 1. The molecule has 1 aromatic carbocycles. The summed E-state index contributed by atoms with van der Waals surface area (Å²) in [5.74, 6) is -0.0327. The number of carbonyl (C=O) groups excluding carboxylic acids is 1. The van der Waals surface area contributed by atoms with E-state index in [-0.39, 0.29) is 16.6 Å². The van der Waals surface area contributed by atoms with E-state index < -0.39 is 10.9 Å². The average Bonchev–Trinajstić information content (AvgIpc) is 2.91. The highest BCUT2D eigenvalue weighted by atomic mass is 32.2. The van der Waals surface area contributed by atoms with E-state index >= 15 is 0 Å². The fourth-order valence-corrected chi connectivity index (χ4v) is 3.87. The topological polar surface area (TPSA) is 87.3 Å². The van der Waals surface area contributed by atoms with Crippen LogP contribution in [0.25, 0.3) is 0 Å². The van der Waals surface area contributed by atoms with Crippen LogP contribution in [0.2, 0.25) is 0 Å². The highest BCUT2D eigenvalue weighted by Crippen LogP contribution is 2.41. The van der Waals surface area contributed by atoms with Crippen molar-refractivity contribution in [3.63, 3.8) is 0 Å². The van der Waals surface area contributed by atoms with Gasteiger partial charge in [0, 0.05) is 16.9 Å². The standard InChI is InChI=1S/C20H27N3O4S/c1-19(2,3)12-22-16(15(23(25)26)21-18(22)20(4,5)6)28-14-11-9-8-10-13(14)17(24)27-7/h8-11H,12H2,1-7H3. The van der Waals surface area contributed by atoms with E-state index in [0.29, 0.717) is 27.9 Å². The second kappa shape index (κ2) is 7.95. The molecule has 0 saturated carbocycles. The third kappa shape index (κ3) is 4.92. The molecule has 0 aliphatic rings. The molecule has 0 aliphatic carbocycles. The SMILES string of the molecule is COC(=O)c1ccccc1Sc1c([N+](=O)[O-])nc(C(C)(C)C)n1CC(C)(C)C. The summed E-state index contributed by atoms with van der Waals surface area (Å²) in [5.41, 5.74) is -0.132. The van der Waals surface area contributed by atoms with Gasteiger partial charge in [0.05, 0.1) is 12.7 Å². The Hall–Kier alpha value is -2.35. The van der Waals surface area contributed by atoms with Gasteiger partial charge in [-0.2, -0.15) is 0 Å². The van der Waals surface area contributed by atoms with Gasteiger partial charge in [-0.3, -0.25) is 4.57 Å². The minimum Gasteiger partial charge on any atom is -0.465 e. The molecule has 8 heteroatoms. The molecule has 28 heavy (non-hydrogen) atoms. The number of imidazole rings is 1. The Balaban J connectivity index is 2.71. The maximum Gasteiger partial charge on any atom is 0.396 e. The number of hydrogen-bond acceptors (Lipinski definition) is 6. The van der Waals surface area contributed by atoms with Crippen LogP contribution in [0.1, 0.15) is 57.7 Å². The number of carbonyl (C=O) groups is 1. The normalized spacial score (nSPS) is 12.1. The molecule has 0 aliphatic heterocycles. The van der Waals surface area contributed by atoms with E-state index in [4.69, 9.17) is 4.74 Å². The molecule has 0 spiro atoms. The van der Waals surface area contributed by atoms with Crippen molar-refractivity contribution in [1.29, 1.82) is 0 Å². The summed E-state index contributed by atoms with van der Waals surface area (Å²) in [6, 6.07) is 6.93. The molecule has 1 aromatic heterocycles. The average molecular weight is 406 g/mol. The summed E-state index contributed by atoms with van der Waals surface area (Å²) in [4.78, 5) is 28.4. The van der Waals surface area contributed by atoms with Crippen molar-refractivity contribution in [3.05, 3.63) is 45.8 Å². The van der Waals surface area contributed by atoms with E-state index in [9.17, 15) is 14.9 Å². The van der Waals surface area contributed by atoms with Crippen molar-refractivity contribution in [2.45, 2.75) is 63.4 Å². The van der Waals surface area contributed by atoms with Gasteiger partial charge in [-0.15, -0.1) is 0 Å². The summed E-state index contributed by atoms with van der Waals surface area (Å²) in [7, 11) is 1.31. The van der Waals surface area contributed by atoms with E-state index in [1.807, 2.05) is 25.3 Å². The zero-order valence-electron chi connectivity index (χ0n) is 17.4. The van der Waals surface area contributed by atoms with Crippen LogP contribution in [0, 0.1) is 15.5 Å². The van der Waals surface area contributed by atoms with Gasteiger partial charge >= 0.3 is 11.8 Å². The lowest BCUT2D eigenvalue weighted by molar-refractivity contribution is -0.392. The lowest BCUT2D eigenvalue weighted by atomic mass is 9.93. The van der Waals surface area contributed by atoms with Crippen LogP contribution in [0.4, 0.5) is 5.82 Å². The summed E-state index contributed by atoms with van der Waals surface area (Å²) in [5, 5.41) is 12.2. The van der Waals surface area contributed by atoms with Gasteiger partial charge < -0.3 is 14.9 Å². The molecule has 0 unspecified atom stereocenters. The minimum atomic E-state index is -0.483. The number of methoxy groups -OCH3 is 1. The number of nitro groups is 1. The van der Waals surface area contributed by atoms with Crippen molar-refractivity contribution in [2.75, 3.05) is 7.11 Å². The summed E-state index contributed by atoms with van der Waals surface area (Å²) >= 11 is 1.18. The van der Waals surface area contributed by atoms with Crippen LogP contribution in [-0.4, -0.2) is 27.6 Å². The molecule has 0 N–H and O–H groups in total. The molecule has 0 radical (unpaired) electrons. The maximum absolute atomic E-state index is 12.1. The first-order chi connectivity index (χ1) is 12.8. The van der Waals surface area contributed by atoms with E-state index in [1.54, 1.807) is 24.3 Å². The Kier molecular flexibility index (Phi) is 6.23. The zero-order chi connectivity index (χ0) is 21.3.